The fraction of sp³-hybridized carbons (Fsp3) is 0.471. The standard InChI is InChI=1S/C17H23NO3/c18-16(17(19)20)12-13-8-10-15(11-9-13)21-14-6-4-2-1-3-5-7-14/h4,6,8-11,14,16H,1-3,5,7,12,18H2,(H,19,20)/b6-4-/t14?,16-/m0/s1. The van der Waals surface area contributed by atoms with Gasteiger partial charge in [-0.05, 0) is 55.9 Å². The normalized spacial score (nSPS) is 21.9. The molecule has 1 aliphatic rings. The van der Waals surface area contributed by atoms with Gasteiger partial charge >= 0.3 is 5.97 Å². The molecule has 0 saturated heterocycles. The van der Waals surface area contributed by atoms with E-state index in [9.17, 15) is 4.79 Å². The molecule has 1 aromatic carbocycles. The maximum atomic E-state index is 10.7. The SMILES string of the molecule is N[C@@H](Cc1ccc(OC2/C=C\CCCCC2)cc1)C(=O)O. The van der Waals surface area contributed by atoms with Crippen LogP contribution in [0.1, 0.15) is 37.7 Å². The molecule has 0 saturated carbocycles. The van der Waals surface area contributed by atoms with Crippen molar-refractivity contribution in [1.82, 2.24) is 0 Å². The molecule has 0 spiro atoms. The molecule has 0 radical (unpaired) electrons. The Bertz CT molecular complexity index is 481. The number of ether oxygens (including phenoxy) is 1. The molecule has 1 aliphatic carbocycles. The Balaban J connectivity index is 1.92. The molecule has 0 aromatic heterocycles. The summed E-state index contributed by atoms with van der Waals surface area (Å²) in [6.07, 6.45) is 10.7. The van der Waals surface area contributed by atoms with E-state index in [4.69, 9.17) is 15.6 Å². The Hall–Kier alpha value is -1.81. The van der Waals surface area contributed by atoms with Gasteiger partial charge in [-0.1, -0.05) is 24.6 Å². The first kappa shape index (κ1) is 15.6. The minimum absolute atomic E-state index is 0.137. The lowest BCUT2D eigenvalue weighted by molar-refractivity contribution is -0.138. The first-order valence-electron chi connectivity index (χ1n) is 7.56. The number of carboxylic acids is 1. The minimum Gasteiger partial charge on any atom is -0.486 e. The number of hydrogen-bond donors (Lipinski definition) is 2. The Labute approximate surface area is 125 Å². The maximum absolute atomic E-state index is 10.7. The van der Waals surface area contributed by atoms with E-state index in [1.54, 1.807) is 0 Å². The van der Waals surface area contributed by atoms with Gasteiger partial charge in [-0.15, -0.1) is 0 Å². The van der Waals surface area contributed by atoms with Crippen LogP contribution in [0.25, 0.3) is 0 Å². The van der Waals surface area contributed by atoms with Gasteiger partial charge in [0.15, 0.2) is 0 Å². The fourth-order valence-corrected chi connectivity index (χ4v) is 2.45. The average Bonchev–Trinajstić information content (AvgIpc) is 2.43. The van der Waals surface area contributed by atoms with E-state index >= 15 is 0 Å². The van der Waals surface area contributed by atoms with E-state index < -0.39 is 12.0 Å². The number of aliphatic carboxylic acids is 1. The van der Waals surface area contributed by atoms with Crippen molar-refractivity contribution in [3.05, 3.63) is 42.0 Å². The Morgan fingerprint density at radius 1 is 1.29 bits per heavy atom. The number of hydrogen-bond acceptors (Lipinski definition) is 3. The third kappa shape index (κ3) is 5.23. The molecule has 4 heteroatoms. The molecule has 3 N–H and O–H groups in total. The summed E-state index contributed by atoms with van der Waals surface area (Å²) in [5.74, 6) is -0.159. The largest absolute Gasteiger partial charge is 0.486 e. The summed E-state index contributed by atoms with van der Waals surface area (Å²) in [5.41, 5.74) is 6.44. The number of carboxylic acid groups (broad SMARTS) is 1. The van der Waals surface area contributed by atoms with E-state index in [2.05, 4.69) is 12.2 Å². The zero-order valence-electron chi connectivity index (χ0n) is 12.2. The van der Waals surface area contributed by atoms with Gasteiger partial charge in [0.2, 0.25) is 0 Å². The number of rotatable bonds is 5. The summed E-state index contributed by atoms with van der Waals surface area (Å²) < 4.78 is 5.96. The molecule has 21 heavy (non-hydrogen) atoms. The van der Waals surface area contributed by atoms with Crippen molar-refractivity contribution >= 4 is 5.97 Å². The predicted molar refractivity (Wildman–Crippen MR) is 82.4 cm³/mol. The summed E-state index contributed by atoms with van der Waals surface area (Å²) in [7, 11) is 0. The first-order valence-corrected chi connectivity index (χ1v) is 7.56. The van der Waals surface area contributed by atoms with Crippen LogP contribution >= 0.6 is 0 Å². The predicted octanol–water partition coefficient (Wildman–Crippen LogP) is 2.91. The third-order valence-corrected chi connectivity index (χ3v) is 3.69. The molecule has 0 aliphatic heterocycles. The lowest BCUT2D eigenvalue weighted by Crippen LogP contribution is -2.32. The van der Waals surface area contributed by atoms with Gasteiger partial charge in [-0.2, -0.15) is 0 Å². The molecule has 114 valence electrons. The highest BCUT2D eigenvalue weighted by Crippen LogP contribution is 2.19. The van der Waals surface area contributed by atoms with E-state index in [1.807, 2.05) is 24.3 Å². The molecule has 1 unspecified atom stereocenters. The van der Waals surface area contributed by atoms with Crippen molar-refractivity contribution in [3.63, 3.8) is 0 Å². The van der Waals surface area contributed by atoms with Crippen molar-refractivity contribution in [2.45, 2.75) is 50.7 Å². The van der Waals surface area contributed by atoms with Gasteiger partial charge in [-0.25, -0.2) is 0 Å². The number of benzene rings is 1. The summed E-state index contributed by atoms with van der Waals surface area (Å²) in [6, 6.07) is 6.67. The smallest absolute Gasteiger partial charge is 0.320 e. The van der Waals surface area contributed by atoms with Crippen molar-refractivity contribution in [2.75, 3.05) is 0 Å². The van der Waals surface area contributed by atoms with Crippen LogP contribution in [0.15, 0.2) is 36.4 Å². The zero-order valence-corrected chi connectivity index (χ0v) is 12.2. The number of carbonyl (C=O) groups is 1. The van der Waals surface area contributed by atoms with E-state index in [0.29, 0.717) is 6.42 Å². The van der Waals surface area contributed by atoms with Crippen LogP contribution in [0.2, 0.25) is 0 Å². The number of allylic oxidation sites excluding steroid dienone is 1. The van der Waals surface area contributed by atoms with Gasteiger partial charge in [0.1, 0.15) is 17.9 Å². The quantitative estimate of drug-likeness (QED) is 0.817. The molecule has 0 bridgehead atoms. The van der Waals surface area contributed by atoms with Crippen molar-refractivity contribution in [3.8, 4) is 5.75 Å². The zero-order chi connectivity index (χ0) is 15.1. The van der Waals surface area contributed by atoms with Crippen molar-refractivity contribution in [2.24, 2.45) is 5.73 Å². The van der Waals surface area contributed by atoms with Gasteiger partial charge in [-0.3, -0.25) is 4.79 Å². The Morgan fingerprint density at radius 2 is 2.05 bits per heavy atom. The molecule has 0 amide bonds. The van der Waals surface area contributed by atoms with Crippen molar-refractivity contribution < 1.29 is 14.6 Å². The summed E-state index contributed by atoms with van der Waals surface area (Å²) in [4.78, 5) is 10.7. The summed E-state index contributed by atoms with van der Waals surface area (Å²) in [6.45, 7) is 0. The van der Waals surface area contributed by atoms with E-state index in [0.717, 1.165) is 24.2 Å². The van der Waals surface area contributed by atoms with Crippen LogP contribution in [0.4, 0.5) is 0 Å². The van der Waals surface area contributed by atoms with Crippen LogP contribution in [0, 0.1) is 0 Å². The molecule has 0 fully saturated rings. The first-order chi connectivity index (χ1) is 10.1. The van der Waals surface area contributed by atoms with E-state index in [-0.39, 0.29) is 6.10 Å². The van der Waals surface area contributed by atoms with Crippen LogP contribution in [-0.4, -0.2) is 23.2 Å². The highest BCUT2D eigenvalue weighted by Gasteiger charge is 2.12. The topological polar surface area (TPSA) is 72.5 Å². The molecule has 2 rings (SSSR count). The van der Waals surface area contributed by atoms with Gasteiger partial charge in [0.25, 0.3) is 0 Å². The van der Waals surface area contributed by atoms with Crippen LogP contribution in [0.5, 0.6) is 5.75 Å². The van der Waals surface area contributed by atoms with Gasteiger partial charge < -0.3 is 15.6 Å². The second kappa shape index (κ2) is 7.84. The van der Waals surface area contributed by atoms with Gasteiger partial charge in [0, 0.05) is 0 Å². The molecular weight excluding hydrogens is 266 g/mol. The fourth-order valence-electron chi connectivity index (χ4n) is 2.45. The van der Waals surface area contributed by atoms with Gasteiger partial charge in [0.05, 0.1) is 0 Å². The highest BCUT2D eigenvalue weighted by atomic mass is 16.5. The monoisotopic (exact) mass is 289 g/mol. The molecule has 1 aromatic rings. The number of nitrogens with two attached hydrogens (primary N) is 1. The lowest BCUT2D eigenvalue weighted by atomic mass is 10.0. The second-order valence-electron chi connectivity index (χ2n) is 5.52. The van der Waals surface area contributed by atoms with Crippen molar-refractivity contribution in [1.29, 1.82) is 0 Å². The van der Waals surface area contributed by atoms with E-state index in [1.165, 1.54) is 19.3 Å². The molecular formula is C17H23NO3. The molecule has 0 heterocycles. The summed E-state index contributed by atoms with van der Waals surface area (Å²) in [5, 5.41) is 8.81. The third-order valence-electron chi connectivity index (χ3n) is 3.69. The molecule has 2 atom stereocenters. The summed E-state index contributed by atoms with van der Waals surface area (Å²) >= 11 is 0. The van der Waals surface area contributed by atoms with Crippen LogP contribution < -0.4 is 10.5 Å². The van der Waals surface area contributed by atoms with Crippen LogP contribution in [-0.2, 0) is 11.2 Å². The Morgan fingerprint density at radius 3 is 2.76 bits per heavy atom. The average molecular weight is 289 g/mol. The maximum Gasteiger partial charge on any atom is 0.320 e. The molecule has 4 nitrogen and oxygen atoms in total. The minimum atomic E-state index is -0.977. The Kier molecular flexibility index (Phi) is 5.81. The highest BCUT2D eigenvalue weighted by molar-refractivity contribution is 5.73. The lowest BCUT2D eigenvalue weighted by Gasteiger charge is -2.18. The van der Waals surface area contributed by atoms with Crippen LogP contribution in [0.3, 0.4) is 0 Å². The second-order valence-corrected chi connectivity index (χ2v) is 5.52.